The molecule has 0 saturated carbocycles. The van der Waals surface area contributed by atoms with Crippen molar-refractivity contribution in [3.63, 3.8) is 0 Å². The Bertz CT molecular complexity index is 141. The fraction of sp³-hybridized carbons (Fsp3) is 0.333. The average Bonchev–Trinajstić information content (AvgIpc) is 1.69. The maximum Gasteiger partial charge on any atom is 0.0820 e. The van der Waals surface area contributed by atoms with Crippen LogP contribution in [0.5, 0.6) is 0 Å². The molecule has 0 bridgehead atoms. The summed E-state index contributed by atoms with van der Waals surface area (Å²) < 4.78 is 0. The second-order valence-electron chi connectivity index (χ2n) is 1.16. The molecular formula is C3H6N4S. The van der Waals surface area contributed by atoms with E-state index >= 15 is 0 Å². The summed E-state index contributed by atoms with van der Waals surface area (Å²) in [5.74, 6) is 0. The molecule has 0 unspecified atom stereocenters. The highest BCUT2D eigenvalue weighted by atomic mass is 32.1. The molecule has 1 aromatic rings. The molecule has 0 aromatic carbocycles. The number of hydrogen-bond donors (Lipinski definition) is 0. The Balaban J connectivity index is 0.000000490. The highest BCUT2D eigenvalue weighted by Gasteiger charge is 1.77. The maximum absolute atomic E-state index is 3.56. The van der Waals surface area contributed by atoms with E-state index in [0.29, 0.717) is 0 Å². The Hall–Kier alpha value is -0.710. The summed E-state index contributed by atoms with van der Waals surface area (Å²) >= 11 is 0. The van der Waals surface area contributed by atoms with Crippen molar-refractivity contribution in [2.75, 3.05) is 0 Å². The van der Waals surface area contributed by atoms with Crippen molar-refractivity contribution in [1.29, 1.82) is 0 Å². The van der Waals surface area contributed by atoms with Crippen LogP contribution in [0.1, 0.15) is 5.69 Å². The lowest BCUT2D eigenvalue weighted by Gasteiger charge is -1.78. The number of aromatic nitrogens is 4. The molecule has 0 radical (unpaired) electrons. The first kappa shape index (κ1) is 7.29. The van der Waals surface area contributed by atoms with E-state index in [-0.39, 0.29) is 13.5 Å². The first-order chi connectivity index (χ1) is 3.39. The van der Waals surface area contributed by atoms with Gasteiger partial charge in [0, 0.05) is 0 Å². The van der Waals surface area contributed by atoms with Crippen LogP contribution in [-0.4, -0.2) is 20.6 Å². The minimum atomic E-state index is 0. The van der Waals surface area contributed by atoms with Crippen molar-refractivity contribution in [3.8, 4) is 0 Å². The zero-order valence-electron chi connectivity index (χ0n) is 4.37. The molecular weight excluding hydrogens is 124 g/mol. The van der Waals surface area contributed by atoms with Gasteiger partial charge < -0.3 is 0 Å². The van der Waals surface area contributed by atoms with Gasteiger partial charge in [0.25, 0.3) is 0 Å². The topological polar surface area (TPSA) is 51.6 Å². The van der Waals surface area contributed by atoms with Crippen LogP contribution in [0.3, 0.4) is 0 Å². The van der Waals surface area contributed by atoms with Crippen LogP contribution in [0.4, 0.5) is 0 Å². The molecule has 0 fully saturated rings. The molecule has 0 aliphatic heterocycles. The fourth-order valence-electron chi connectivity index (χ4n) is 0.249. The van der Waals surface area contributed by atoms with E-state index in [1.54, 1.807) is 6.20 Å². The minimum absolute atomic E-state index is 0. The van der Waals surface area contributed by atoms with E-state index in [1.807, 2.05) is 6.92 Å². The van der Waals surface area contributed by atoms with Crippen molar-refractivity contribution < 1.29 is 0 Å². The molecule has 0 spiro atoms. The second kappa shape index (κ2) is 3.31. The summed E-state index contributed by atoms with van der Waals surface area (Å²) in [7, 11) is 0. The molecule has 5 heteroatoms. The van der Waals surface area contributed by atoms with Gasteiger partial charge in [0.2, 0.25) is 0 Å². The molecule has 1 rings (SSSR count). The molecule has 8 heavy (non-hydrogen) atoms. The van der Waals surface area contributed by atoms with Crippen molar-refractivity contribution in [3.05, 3.63) is 11.9 Å². The second-order valence-corrected chi connectivity index (χ2v) is 1.16. The zero-order chi connectivity index (χ0) is 5.11. The Morgan fingerprint density at radius 1 is 1.38 bits per heavy atom. The highest BCUT2D eigenvalue weighted by molar-refractivity contribution is 7.59. The van der Waals surface area contributed by atoms with E-state index < -0.39 is 0 Å². The van der Waals surface area contributed by atoms with Crippen LogP contribution < -0.4 is 0 Å². The third-order valence-corrected chi connectivity index (χ3v) is 0.539. The molecule has 1 heterocycles. The quantitative estimate of drug-likeness (QED) is 0.483. The van der Waals surface area contributed by atoms with Crippen LogP contribution in [-0.2, 0) is 0 Å². The lowest BCUT2D eigenvalue weighted by Crippen LogP contribution is -1.90. The monoisotopic (exact) mass is 130 g/mol. The predicted molar refractivity (Wildman–Crippen MR) is 32.7 cm³/mol. The summed E-state index contributed by atoms with van der Waals surface area (Å²) in [5.41, 5.74) is 0.787. The van der Waals surface area contributed by atoms with Gasteiger partial charge in [0.05, 0.1) is 11.9 Å². The van der Waals surface area contributed by atoms with E-state index in [1.165, 1.54) is 0 Å². The molecule has 4 nitrogen and oxygen atoms in total. The summed E-state index contributed by atoms with van der Waals surface area (Å²) in [6, 6.07) is 0. The first-order valence-corrected chi connectivity index (χ1v) is 1.87. The van der Waals surface area contributed by atoms with Gasteiger partial charge in [-0.25, -0.2) is 0 Å². The van der Waals surface area contributed by atoms with Crippen LogP contribution >= 0.6 is 13.5 Å². The number of aryl methyl sites for hydroxylation is 1. The van der Waals surface area contributed by atoms with Crippen LogP contribution in [0.15, 0.2) is 6.20 Å². The van der Waals surface area contributed by atoms with Crippen molar-refractivity contribution in [1.82, 2.24) is 20.6 Å². The number of hydrogen-bond acceptors (Lipinski definition) is 4. The lowest BCUT2D eigenvalue weighted by atomic mass is 10.6. The zero-order valence-corrected chi connectivity index (χ0v) is 5.37. The number of nitrogens with zero attached hydrogens (tertiary/aromatic N) is 4. The Labute approximate surface area is 53.8 Å². The van der Waals surface area contributed by atoms with Gasteiger partial charge in [-0.3, -0.25) is 0 Å². The van der Waals surface area contributed by atoms with Crippen LogP contribution in [0, 0.1) is 6.92 Å². The molecule has 0 atom stereocenters. The molecule has 0 saturated heterocycles. The smallest absolute Gasteiger partial charge is 0.0820 e. The fourth-order valence-corrected chi connectivity index (χ4v) is 0.249. The minimum Gasteiger partial charge on any atom is -0.197 e. The third kappa shape index (κ3) is 1.83. The largest absolute Gasteiger partial charge is 0.197 e. The predicted octanol–water partition coefficient (Wildman–Crippen LogP) is -0.312. The molecule has 0 aliphatic carbocycles. The van der Waals surface area contributed by atoms with Gasteiger partial charge in [0.1, 0.15) is 0 Å². The van der Waals surface area contributed by atoms with Gasteiger partial charge in [-0.1, -0.05) is 0 Å². The van der Waals surface area contributed by atoms with E-state index in [0.717, 1.165) is 5.69 Å². The van der Waals surface area contributed by atoms with Gasteiger partial charge in [-0.2, -0.15) is 13.5 Å². The molecule has 44 valence electrons. The van der Waals surface area contributed by atoms with Gasteiger partial charge in [-0.05, 0) is 17.4 Å². The van der Waals surface area contributed by atoms with Crippen molar-refractivity contribution in [2.24, 2.45) is 0 Å². The van der Waals surface area contributed by atoms with Gasteiger partial charge in [0.15, 0.2) is 0 Å². The Morgan fingerprint density at radius 2 is 2.12 bits per heavy atom. The molecule has 1 aromatic heterocycles. The average molecular weight is 130 g/mol. The van der Waals surface area contributed by atoms with Crippen molar-refractivity contribution >= 4 is 13.5 Å². The maximum atomic E-state index is 3.56. The summed E-state index contributed by atoms with van der Waals surface area (Å²) in [6.07, 6.45) is 1.55. The van der Waals surface area contributed by atoms with Crippen molar-refractivity contribution in [2.45, 2.75) is 6.92 Å². The van der Waals surface area contributed by atoms with Crippen LogP contribution in [0.25, 0.3) is 0 Å². The Kier molecular flexibility index (Phi) is 3.02. The standard InChI is InChI=1S/C3H4N4.H2S/c1-3-2-4-6-7-5-3;/h2H,1H3;1H2. The normalized spacial score (nSPS) is 7.62. The van der Waals surface area contributed by atoms with E-state index in [9.17, 15) is 0 Å². The van der Waals surface area contributed by atoms with Gasteiger partial charge in [-0.15, -0.1) is 10.2 Å². The highest BCUT2D eigenvalue weighted by Crippen LogP contribution is 1.75. The van der Waals surface area contributed by atoms with E-state index in [2.05, 4.69) is 20.6 Å². The number of rotatable bonds is 0. The molecule has 0 N–H and O–H groups in total. The molecule has 0 aliphatic rings. The SMILES string of the molecule is Cc1cnnnn1.S. The van der Waals surface area contributed by atoms with Gasteiger partial charge >= 0.3 is 0 Å². The molecule has 0 amide bonds. The van der Waals surface area contributed by atoms with E-state index in [4.69, 9.17) is 0 Å². The summed E-state index contributed by atoms with van der Waals surface area (Å²) in [4.78, 5) is 0. The van der Waals surface area contributed by atoms with Crippen LogP contribution in [0.2, 0.25) is 0 Å². The lowest BCUT2D eigenvalue weighted by molar-refractivity contribution is 0.742. The first-order valence-electron chi connectivity index (χ1n) is 1.87. The third-order valence-electron chi connectivity index (χ3n) is 0.539. The summed E-state index contributed by atoms with van der Waals surface area (Å²) in [5, 5.41) is 13.5. The summed E-state index contributed by atoms with van der Waals surface area (Å²) in [6.45, 7) is 1.81. The Morgan fingerprint density at radius 3 is 2.38 bits per heavy atom.